The number of anilines is 1. The summed E-state index contributed by atoms with van der Waals surface area (Å²) in [5, 5.41) is 14.0. The molecule has 2 amide bonds. The molecular weight excluding hydrogens is 268 g/mol. The zero-order valence-corrected chi connectivity index (χ0v) is 11.4. The van der Waals surface area contributed by atoms with Gasteiger partial charge < -0.3 is 15.7 Å². The Labute approximate surface area is 117 Å². The largest absolute Gasteiger partial charge is 0.396 e. The number of benzene rings is 1. The van der Waals surface area contributed by atoms with Gasteiger partial charge in [0.15, 0.2) is 0 Å². The van der Waals surface area contributed by atoms with Crippen molar-refractivity contribution in [1.82, 2.24) is 5.32 Å². The smallest absolute Gasteiger partial charge is 0.313 e. The first kappa shape index (κ1) is 15.5. The van der Waals surface area contributed by atoms with E-state index in [1.54, 1.807) is 31.2 Å². The Morgan fingerprint density at radius 3 is 2.63 bits per heavy atom. The predicted molar refractivity (Wildman–Crippen MR) is 74.0 cm³/mol. The van der Waals surface area contributed by atoms with E-state index >= 15 is 0 Å². The number of para-hydroxylation sites is 1. The highest BCUT2D eigenvalue weighted by molar-refractivity contribution is 6.41. The van der Waals surface area contributed by atoms with Crippen molar-refractivity contribution in [3.05, 3.63) is 29.3 Å². The van der Waals surface area contributed by atoms with Gasteiger partial charge in [-0.05, 0) is 31.9 Å². The van der Waals surface area contributed by atoms with Crippen LogP contribution in [0.2, 0.25) is 5.02 Å². The molecule has 0 radical (unpaired) electrons. The molecule has 0 aliphatic rings. The molecule has 1 aromatic rings. The maximum Gasteiger partial charge on any atom is 0.313 e. The summed E-state index contributed by atoms with van der Waals surface area (Å²) in [7, 11) is 0. The lowest BCUT2D eigenvalue weighted by Gasteiger charge is -2.13. The van der Waals surface area contributed by atoms with E-state index < -0.39 is 11.8 Å². The van der Waals surface area contributed by atoms with Gasteiger partial charge >= 0.3 is 11.8 Å². The van der Waals surface area contributed by atoms with Gasteiger partial charge in [0, 0.05) is 12.6 Å². The van der Waals surface area contributed by atoms with Crippen molar-refractivity contribution in [2.45, 2.75) is 25.8 Å². The summed E-state index contributed by atoms with van der Waals surface area (Å²) in [4.78, 5) is 23.2. The third-order valence-corrected chi connectivity index (χ3v) is 2.83. The Balaban J connectivity index is 2.49. The number of hydrogen-bond acceptors (Lipinski definition) is 3. The van der Waals surface area contributed by atoms with Crippen LogP contribution in [0.25, 0.3) is 0 Å². The van der Waals surface area contributed by atoms with E-state index in [9.17, 15) is 9.59 Å². The predicted octanol–water partition coefficient (Wildman–Crippen LogP) is 1.56. The molecule has 1 aromatic carbocycles. The van der Waals surface area contributed by atoms with Crippen molar-refractivity contribution in [1.29, 1.82) is 0 Å². The molecule has 0 heterocycles. The lowest BCUT2D eigenvalue weighted by atomic mass is 10.2. The van der Waals surface area contributed by atoms with Gasteiger partial charge in [0.25, 0.3) is 0 Å². The molecule has 0 spiro atoms. The minimum atomic E-state index is -0.760. The van der Waals surface area contributed by atoms with Gasteiger partial charge in [0.2, 0.25) is 0 Å². The van der Waals surface area contributed by atoms with Gasteiger partial charge in [0.05, 0.1) is 10.7 Å². The van der Waals surface area contributed by atoms with Crippen molar-refractivity contribution in [3.63, 3.8) is 0 Å². The van der Waals surface area contributed by atoms with Crippen LogP contribution in [0.15, 0.2) is 24.3 Å². The molecule has 6 heteroatoms. The molecule has 0 aromatic heterocycles. The molecule has 1 rings (SSSR count). The number of hydrogen-bond donors (Lipinski definition) is 3. The Bertz CT molecular complexity index is 451. The van der Waals surface area contributed by atoms with E-state index in [1.807, 2.05) is 0 Å². The number of rotatable bonds is 5. The van der Waals surface area contributed by atoms with Crippen LogP contribution >= 0.6 is 11.6 Å². The van der Waals surface area contributed by atoms with Crippen LogP contribution in [0.1, 0.15) is 19.8 Å². The van der Waals surface area contributed by atoms with E-state index in [4.69, 9.17) is 16.7 Å². The summed E-state index contributed by atoms with van der Waals surface area (Å²) in [6.45, 7) is 1.84. The molecule has 0 fully saturated rings. The standard InChI is InChI=1S/C13H17ClN2O3/c1-9(5-4-8-17)15-12(18)13(19)16-11-7-3-2-6-10(11)14/h2-3,6-7,9,17H,4-5,8H2,1H3,(H,15,18)(H,16,19). The van der Waals surface area contributed by atoms with Gasteiger partial charge in [-0.25, -0.2) is 0 Å². The summed E-state index contributed by atoms with van der Waals surface area (Å²) in [5.74, 6) is -1.48. The highest BCUT2D eigenvalue weighted by atomic mass is 35.5. The Hall–Kier alpha value is -1.59. The van der Waals surface area contributed by atoms with Crippen LogP contribution in [-0.4, -0.2) is 29.6 Å². The first-order valence-corrected chi connectivity index (χ1v) is 6.39. The van der Waals surface area contributed by atoms with Crippen LogP contribution in [0.3, 0.4) is 0 Å². The number of amides is 2. The molecule has 3 N–H and O–H groups in total. The summed E-state index contributed by atoms with van der Waals surface area (Å²) >= 11 is 5.87. The Kier molecular flexibility index (Phi) is 6.32. The second-order valence-corrected chi connectivity index (χ2v) is 4.58. The number of carbonyl (C=O) groups excluding carboxylic acids is 2. The summed E-state index contributed by atoms with van der Waals surface area (Å²) in [6.07, 6.45) is 1.19. The lowest BCUT2D eigenvalue weighted by molar-refractivity contribution is -0.136. The number of aliphatic hydroxyl groups excluding tert-OH is 1. The first-order chi connectivity index (χ1) is 9.04. The first-order valence-electron chi connectivity index (χ1n) is 6.02. The summed E-state index contributed by atoms with van der Waals surface area (Å²) < 4.78 is 0. The van der Waals surface area contributed by atoms with Crippen LogP contribution in [0, 0.1) is 0 Å². The maximum absolute atomic E-state index is 11.6. The molecule has 0 bridgehead atoms. The van der Waals surface area contributed by atoms with Crippen molar-refractivity contribution in [2.75, 3.05) is 11.9 Å². The molecule has 19 heavy (non-hydrogen) atoms. The maximum atomic E-state index is 11.6. The van der Waals surface area contributed by atoms with Crippen molar-refractivity contribution >= 4 is 29.1 Å². The SMILES string of the molecule is CC(CCCO)NC(=O)C(=O)Nc1ccccc1Cl. The molecule has 0 aliphatic heterocycles. The molecule has 1 unspecified atom stereocenters. The second kappa shape index (κ2) is 7.76. The quantitative estimate of drug-likeness (QED) is 0.718. The number of halogens is 1. The van der Waals surface area contributed by atoms with E-state index in [0.717, 1.165) is 0 Å². The zero-order valence-electron chi connectivity index (χ0n) is 10.6. The van der Waals surface area contributed by atoms with Gasteiger partial charge in [-0.1, -0.05) is 23.7 Å². The number of carbonyl (C=O) groups is 2. The van der Waals surface area contributed by atoms with Crippen LogP contribution in [-0.2, 0) is 9.59 Å². The average molecular weight is 285 g/mol. The fourth-order valence-corrected chi connectivity index (χ4v) is 1.68. The molecule has 0 saturated heterocycles. The second-order valence-electron chi connectivity index (χ2n) is 4.17. The third-order valence-electron chi connectivity index (χ3n) is 2.50. The molecule has 104 valence electrons. The highest BCUT2D eigenvalue weighted by Gasteiger charge is 2.16. The molecule has 0 aliphatic carbocycles. The zero-order chi connectivity index (χ0) is 14.3. The lowest BCUT2D eigenvalue weighted by Crippen LogP contribution is -2.40. The van der Waals surface area contributed by atoms with Gasteiger partial charge in [-0.2, -0.15) is 0 Å². The fourth-order valence-electron chi connectivity index (χ4n) is 1.50. The normalized spacial score (nSPS) is 11.7. The molecule has 0 saturated carbocycles. The third kappa shape index (κ3) is 5.28. The van der Waals surface area contributed by atoms with Gasteiger partial charge in [-0.15, -0.1) is 0 Å². The minimum Gasteiger partial charge on any atom is -0.396 e. The number of aliphatic hydroxyl groups is 1. The molecule has 5 nitrogen and oxygen atoms in total. The van der Waals surface area contributed by atoms with Crippen LogP contribution < -0.4 is 10.6 Å². The van der Waals surface area contributed by atoms with E-state index in [1.165, 1.54) is 0 Å². The molecule has 1 atom stereocenters. The van der Waals surface area contributed by atoms with E-state index in [-0.39, 0.29) is 12.6 Å². The van der Waals surface area contributed by atoms with Crippen molar-refractivity contribution in [2.24, 2.45) is 0 Å². The van der Waals surface area contributed by atoms with Gasteiger partial charge in [-0.3, -0.25) is 9.59 Å². The fraction of sp³-hybridized carbons (Fsp3) is 0.385. The van der Waals surface area contributed by atoms with Crippen LogP contribution in [0.5, 0.6) is 0 Å². The van der Waals surface area contributed by atoms with Crippen molar-refractivity contribution < 1.29 is 14.7 Å². The van der Waals surface area contributed by atoms with Gasteiger partial charge in [0.1, 0.15) is 0 Å². The topological polar surface area (TPSA) is 78.4 Å². The Morgan fingerprint density at radius 2 is 2.00 bits per heavy atom. The van der Waals surface area contributed by atoms with E-state index in [0.29, 0.717) is 23.6 Å². The monoisotopic (exact) mass is 284 g/mol. The highest BCUT2D eigenvalue weighted by Crippen LogP contribution is 2.20. The summed E-state index contributed by atoms with van der Waals surface area (Å²) in [6, 6.07) is 6.51. The number of nitrogens with one attached hydrogen (secondary N) is 2. The average Bonchev–Trinajstić information content (AvgIpc) is 2.38. The van der Waals surface area contributed by atoms with E-state index in [2.05, 4.69) is 10.6 Å². The van der Waals surface area contributed by atoms with Crippen molar-refractivity contribution in [3.8, 4) is 0 Å². The minimum absolute atomic E-state index is 0.0615. The van der Waals surface area contributed by atoms with Crippen LogP contribution in [0.4, 0.5) is 5.69 Å². The summed E-state index contributed by atoms with van der Waals surface area (Å²) in [5.41, 5.74) is 0.396. The molecular formula is C13H17ClN2O3. The Morgan fingerprint density at radius 1 is 1.32 bits per heavy atom.